The number of aryl methyl sites for hydroxylation is 1. The Kier molecular flexibility index (Phi) is 6.98. The molecule has 1 N–H and O–H groups in total. The Morgan fingerprint density at radius 1 is 0.964 bits per heavy atom. The van der Waals surface area contributed by atoms with E-state index in [1.807, 2.05) is 49.4 Å². The topological polar surface area (TPSA) is 52.7 Å². The van der Waals surface area contributed by atoms with Gasteiger partial charge in [-0.15, -0.1) is 0 Å². The molecule has 0 aromatic heterocycles. The van der Waals surface area contributed by atoms with Crippen LogP contribution in [-0.4, -0.2) is 54.3 Å². The van der Waals surface area contributed by atoms with Gasteiger partial charge < -0.3 is 10.2 Å². The van der Waals surface area contributed by atoms with E-state index in [0.717, 1.165) is 30.8 Å². The van der Waals surface area contributed by atoms with E-state index in [-0.39, 0.29) is 0 Å². The lowest BCUT2D eigenvalue weighted by atomic mass is 10.1. The Hall–Kier alpha value is -2.92. The number of nitrogens with one attached hydrogen (secondary N) is 1. The third-order valence-corrected chi connectivity index (χ3v) is 5.03. The molecule has 0 radical (unpaired) electrons. The van der Waals surface area contributed by atoms with E-state index in [1.54, 1.807) is 4.90 Å². The van der Waals surface area contributed by atoms with Crippen molar-refractivity contribution in [2.75, 3.05) is 32.7 Å². The number of carbonyl (C=O) groups is 2. The van der Waals surface area contributed by atoms with Crippen molar-refractivity contribution in [1.29, 1.82) is 0 Å². The molecule has 1 aliphatic rings. The molecule has 5 nitrogen and oxygen atoms in total. The number of hydrogen-bond acceptors (Lipinski definition) is 3. The smallest absolute Gasteiger partial charge is 0.311 e. The van der Waals surface area contributed by atoms with Crippen LogP contribution in [0, 0.1) is 6.92 Å². The Bertz CT molecular complexity index is 825. The van der Waals surface area contributed by atoms with Crippen LogP contribution < -0.4 is 5.32 Å². The van der Waals surface area contributed by atoms with Crippen molar-refractivity contribution in [1.82, 2.24) is 15.1 Å². The molecule has 0 spiro atoms. The highest BCUT2D eigenvalue weighted by atomic mass is 16.2. The van der Waals surface area contributed by atoms with Gasteiger partial charge in [0.25, 0.3) is 0 Å². The molecule has 1 fully saturated rings. The van der Waals surface area contributed by atoms with Gasteiger partial charge in [-0.1, -0.05) is 66.7 Å². The number of hydrogen-bond donors (Lipinski definition) is 1. The fourth-order valence-corrected chi connectivity index (χ4v) is 3.24. The highest BCUT2D eigenvalue weighted by Gasteiger charge is 2.25. The summed E-state index contributed by atoms with van der Waals surface area (Å²) in [7, 11) is 0. The Balaban J connectivity index is 1.41. The fourth-order valence-electron chi connectivity index (χ4n) is 3.24. The molecular formula is C23H27N3O2. The minimum atomic E-state index is -0.527. The van der Waals surface area contributed by atoms with Crippen molar-refractivity contribution in [3.05, 3.63) is 77.4 Å². The second-order valence-electron chi connectivity index (χ2n) is 7.02. The largest absolute Gasteiger partial charge is 0.344 e. The summed E-state index contributed by atoms with van der Waals surface area (Å²) in [6.45, 7) is 5.92. The number of benzene rings is 2. The Morgan fingerprint density at radius 2 is 1.64 bits per heavy atom. The first kappa shape index (κ1) is 19.8. The van der Waals surface area contributed by atoms with Gasteiger partial charge in [-0.05, 0) is 23.6 Å². The molecule has 28 heavy (non-hydrogen) atoms. The van der Waals surface area contributed by atoms with E-state index >= 15 is 0 Å². The van der Waals surface area contributed by atoms with Gasteiger partial charge in [0, 0.05) is 39.3 Å². The molecule has 0 aliphatic carbocycles. The zero-order chi connectivity index (χ0) is 19.8. The number of amides is 2. The van der Waals surface area contributed by atoms with Gasteiger partial charge in [0.2, 0.25) is 0 Å². The van der Waals surface area contributed by atoms with Crippen LogP contribution in [-0.2, 0) is 16.1 Å². The second kappa shape index (κ2) is 9.85. The van der Waals surface area contributed by atoms with Crippen LogP contribution in [0.4, 0.5) is 0 Å². The van der Waals surface area contributed by atoms with E-state index in [9.17, 15) is 9.59 Å². The van der Waals surface area contributed by atoms with Crippen molar-refractivity contribution >= 4 is 17.9 Å². The molecule has 3 rings (SSSR count). The average molecular weight is 377 g/mol. The summed E-state index contributed by atoms with van der Waals surface area (Å²) in [5.41, 5.74) is 3.31. The van der Waals surface area contributed by atoms with E-state index < -0.39 is 11.8 Å². The third kappa shape index (κ3) is 5.54. The Labute approximate surface area is 166 Å². The minimum absolute atomic E-state index is 0.376. The van der Waals surface area contributed by atoms with Crippen LogP contribution in [0.25, 0.3) is 6.08 Å². The second-order valence-corrected chi connectivity index (χ2v) is 7.02. The summed E-state index contributed by atoms with van der Waals surface area (Å²) in [5.74, 6) is -0.964. The molecule has 2 amide bonds. The lowest BCUT2D eigenvalue weighted by Gasteiger charge is -2.33. The monoisotopic (exact) mass is 377 g/mol. The molecular weight excluding hydrogens is 350 g/mol. The molecule has 0 saturated carbocycles. The van der Waals surface area contributed by atoms with Gasteiger partial charge in [0.05, 0.1) is 0 Å². The van der Waals surface area contributed by atoms with Crippen LogP contribution in [0.15, 0.2) is 60.7 Å². The molecule has 0 atom stereocenters. The van der Waals surface area contributed by atoms with Gasteiger partial charge in [-0.3, -0.25) is 14.5 Å². The van der Waals surface area contributed by atoms with Crippen LogP contribution >= 0.6 is 0 Å². The van der Waals surface area contributed by atoms with Crippen molar-refractivity contribution < 1.29 is 9.59 Å². The van der Waals surface area contributed by atoms with E-state index in [4.69, 9.17) is 0 Å². The molecule has 1 aliphatic heterocycles. The average Bonchev–Trinajstić information content (AvgIpc) is 2.74. The summed E-state index contributed by atoms with van der Waals surface area (Å²) in [5, 5.41) is 2.75. The number of carbonyl (C=O) groups excluding carboxylic acids is 2. The quantitative estimate of drug-likeness (QED) is 0.815. The highest BCUT2D eigenvalue weighted by Crippen LogP contribution is 2.07. The molecule has 1 saturated heterocycles. The summed E-state index contributed by atoms with van der Waals surface area (Å²) in [6, 6.07) is 18.0. The summed E-state index contributed by atoms with van der Waals surface area (Å²) in [6.07, 6.45) is 4.25. The fraction of sp³-hybridized carbons (Fsp3) is 0.304. The van der Waals surface area contributed by atoms with Gasteiger partial charge in [0.15, 0.2) is 0 Å². The molecule has 0 bridgehead atoms. The minimum Gasteiger partial charge on any atom is -0.344 e. The number of rotatable bonds is 5. The standard InChI is InChI=1S/C23H27N3O2/c1-19-8-5-6-12-21(19)18-24-22(27)23(28)26-16-14-25(15-17-26)13-7-11-20-9-3-2-4-10-20/h2-12H,13-18H2,1H3,(H,24,27)/b11-7+. The molecule has 1 heterocycles. The van der Waals surface area contributed by atoms with Crippen molar-refractivity contribution in [3.8, 4) is 0 Å². The molecule has 2 aromatic carbocycles. The van der Waals surface area contributed by atoms with Crippen LogP contribution in [0.1, 0.15) is 16.7 Å². The lowest BCUT2D eigenvalue weighted by molar-refractivity contribution is -0.147. The zero-order valence-corrected chi connectivity index (χ0v) is 16.3. The van der Waals surface area contributed by atoms with Gasteiger partial charge in [-0.25, -0.2) is 0 Å². The first-order valence-electron chi connectivity index (χ1n) is 9.69. The highest BCUT2D eigenvalue weighted by molar-refractivity contribution is 6.35. The maximum atomic E-state index is 12.4. The van der Waals surface area contributed by atoms with Crippen molar-refractivity contribution in [2.45, 2.75) is 13.5 Å². The SMILES string of the molecule is Cc1ccccc1CNC(=O)C(=O)N1CCN(C/C=C/c2ccccc2)CC1. The van der Waals surface area contributed by atoms with Crippen molar-refractivity contribution in [2.24, 2.45) is 0 Å². The summed E-state index contributed by atoms with van der Waals surface area (Å²) >= 11 is 0. The van der Waals surface area contributed by atoms with E-state index in [2.05, 4.69) is 34.5 Å². The number of nitrogens with zero attached hydrogens (tertiary/aromatic N) is 2. The van der Waals surface area contributed by atoms with Gasteiger partial charge >= 0.3 is 11.8 Å². The summed E-state index contributed by atoms with van der Waals surface area (Å²) < 4.78 is 0. The first-order valence-corrected chi connectivity index (χ1v) is 9.69. The summed E-state index contributed by atoms with van der Waals surface area (Å²) in [4.78, 5) is 28.5. The molecule has 2 aromatic rings. The van der Waals surface area contributed by atoms with E-state index in [0.29, 0.717) is 19.6 Å². The molecule has 5 heteroatoms. The van der Waals surface area contributed by atoms with Gasteiger partial charge in [0.1, 0.15) is 0 Å². The maximum absolute atomic E-state index is 12.4. The zero-order valence-electron chi connectivity index (χ0n) is 16.3. The lowest BCUT2D eigenvalue weighted by Crippen LogP contribution is -2.52. The number of piperazine rings is 1. The normalized spacial score (nSPS) is 15.0. The molecule has 146 valence electrons. The Morgan fingerprint density at radius 3 is 2.36 bits per heavy atom. The first-order chi connectivity index (χ1) is 13.6. The van der Waals surface area contributed by atoms with Gasteiger partial charge in [-0.2, -0.15) is 0 Å². The van der Waals surface area contributed by atoms with Crippen LogP contribution in [0.5, 0.6) is 0 Å². The molecule has 0 unspecified atom stereocenters. The maximum Gasteiger partial charge on any atom is 0.311 e. The van der Waals surface area contributed by atoms with E-state index in [1.165, 1.54) is 5.56 Å². The predicted molar refractivity (Wildman–Crippen MR) is 112 cm³/mol. The predicted octanol–water partition coefficient (Wildman–Crippen LogP) is 2.47. The van der Waals surface area contributed by atoms with Crippen molar-refractivity contribution in [3.63, 3.8) is 0 Å². The van der Waals surface area contributed by atoms with Crippen LogP contribution in [0.2, 0.25) is 0 Å². The third-order valence-electron chi connectivity index (χ3n) is 5.03. The van der Waals surface area contributed by atoms with Crippen LogP contribution in [0.3, 0.4) is 0 Å².